The molecule has 0 fully saturated rings. The SMILES string of the molecule is FCCCC[CH2][SbH2]. The average Bonchev–Trinajstić information content (AvgIpc) is 1.69. The van der Waals surface area contributed by atoms with E-state index in [1.54, 1.807) is 0 Å². The van der Waals surface area contributed by atoms with Gasteiger partial charge in [0.25, 0.3) is 0 Å². The Morgan fingerprint density at radius 3 is 2.29 bits per heavy atom. The molecule has 0 aliphatic carbocycles. The predicted octanol–water partition coefficient (Wildman–Crippen LogP) is 1.18. The molecule has 0 aliphatic heterocycles. The molecule has 0 saturated carbocycles. The minimum atomic E-state index is -0.124. The molecule has 0 radical (unpaired) electrons. The van der Waals surface area contributed by atoms with E-state index < -0.39 is 0 Å². The minimum absolute atomic E-state index is 0.124. The van der Waals surface area contributed by atoms with Gasteiger partial charge in [-0.15, -0.1) is 0 Å². The van der Waals surface area contributed by atoms with Crippen molar-refractivity contribution in [3.8, 4) is 0 Å². The van der Waals surface area contributed by atoms with Crippen LogP contribution in [0.5, 0.6) is 0 Å². The number of hydrogen-bond donors (Lipinski definition) is 0. The van der Waals surface area contributed by atoms with Crippen molar-refractivity contribution in [2.75, 3.05) is 6.67 Å². The van der Waals surface area contributed by atoms with E-state index in [9.17, 15) is 4.39 Å². The first-order valence-corrected chi connectivity index (χ1v) is 5.01. The fourth-order valence-corrected chi connectivity index (χ4v) is 1.24. The molecule has 0 unspecified atom stereocenters. The van der Waals surface area contributed by atoms with Crippen molar-refractivity contribution in [1.82, 2.24) is 0 Å². The molecule has 0 bridgehead atoms. The van der Waals surface area contributed by atoms with Crippen LogP contribution in [-0.2, 0) is 0 Å². The zero-order valence-electron chi connectivity index (χ0n) is 4.49. The zero-order chi connectivity index (χ0) is 5.54. The van der Waals surface area contributed by atoms with Crippen LogP contribution in [0.25, 0.3) is 0 Å². The van der Waals surface area contributed by atoms with E-state index in [1.165, 1.54) is 33.8 Å². The molecule has 0 atom stereocenters. The van der Waals surface area contributed by atoms with Crippen molar-refractivity contribution >= 4 is 23.0 Å². The number of unbranched alkanes of at least 4 members (excludes halogenated alkanes) is 2. The van der Waals surface area contributed by atoms with Gasteiger partial charge in [0, 0.05) is 0 Å². The van der Waals surface area contributed by atoms with Crippen LogP contribution in [0.2, 0.25) is 4.37 Å². The second-order valence-electron chi connectivity index (χ2n) is 1.54. The summed E-state index contributed by atoms with van der Waals surface area (Å²) < 4.78 is 12.7. The van der Waals surface area contributed by atoms with Crippen molar-refractivity contribution in [1.29, 1.82) is 0 Å². The van der Waals surface area contributed by atoms with Crippen LogP contribution >= 0.6 is 0 Å². The van der Waals surface area contributed by atoms with Gasteiger partial charge >= 0.3 is 57.7 Å². The van der Waals surface area contributed by atoms with Crippen molar-refractivity contribution in [2.45, 2.75) is 23.6 Å². The molecule has 0 rings (SSSR count). The molecular weight excluding hydrogens is 201 g/mol. The summed E-state index contributed by atoms with van der Waals surface area (Å²) in [6, 6.07) is 0. The van der Waals surface area contributed by atoms with Crippen LogP contribution in [0.3, 0.4) is 0 Å². The van der Waals surface area contributed by atoms with Crippen LogP contribution in [-0.4, -0.2) is 29.7 Å². The summed E-state index contributed by atoms with van der Waals surface area (Å²) in [6.45, 7) is -0.124. The maximum atomic E-state index is 11.3. The molecule has 0 N–H and O–H groups in total. The third-order valence-corrected chi connectivity index (χ3v) is 2.00. The van der Waals surface area contributed by atoms with Crippen LogP contribution in [0.15, 0.2) is 0 Å². The molecule has 0 aromatic rings. The molecule has 2 heteroatoms. The molecule has 7 heavy (non-hydrogen) atoms. The molecule has 0 amide bonds. The Labute approximate surface area is 58.0 Å². The quantitative estimate of drug-likeness (QED) is 0.485. The van der Waals surface area contributed by atoms with E-state index in [4.69, 9.17) is 0 Å². The second-order valence-corrected chi connectivity index (χ2v) is 3.19. The Kier molecular flexibility index (Phi) is 7.47. The normalized spacial score (nSPS) is 9.43. The Hall–Kier alpha value is 0.748. The first kappa shape index (κ1) is 7.75. The average molecular weight is 213 g/mol. The summed E-state index contributed by atoms with van der Waals surface area (Å²) in [5.41, 5.74) is 0. The van der Waals surface area contributed by atoms with Crippen LogP contribution in [0.4, 0.5) is 4.39 Å². The van der Waals surface area contributed by atoms with Crippen LogP contribution in [0, 0.1) is 0 Å². The molecule has 0 saturated heterocycles. The molecular formula is C5H12FSb. The van der Waals surface area contributed by atoms with Gasteiger partial charge in [-0.1, -0.05) is 0 Å². The summed E-state index contributed by atoms with van der Waals surface area (Å²) in [6.07, 6.45) is 3.12. The summed E-state index contributed by atoms with van der Waals surface area (Å²) in [5.74, 6) is 0. The van der Waals surface area contributed by atoms with E-state index in [-0.39, 0.29) is 6.67 Å². The van der Waals surface area contributed by atoms with E-state index in [0.717, 1.165) is 12.8 Å². The van der Waals surface area contributed by atoms with Gasteiger partial charge in [-0.2, -0.15) is 0 Å². The molecule has 0 aromatic carbocycles. The van der Waals surface area contributed by atoms with Gasteiger partial charge in [-0.05, 0) is 0 Å². The van der Waals surface area contributed by atoms with Gasteiger partial charge in [0.15, 0.2) is 0 Å². The first-order valence-electron chi connectivity index (χ1n) is 2.68. The van der Waals surface area contributed by atoms with Crippen LogP contribution < -0.4 is 0 Å². The van der Waals surface area contributed by atoms with E-state index in [0.29, 0.717) is 0 Å². The molecule has 44 valence electrons. The third-order valence-electron chi connectivity index (χ3n) is 0.838. The van der Waals surface area contributed by atoms with Gasteiger partial charge < -0.3 is 0 Å². The summed E-state index contributed by atoms with van der Waals surface area (Å²) in [5, 5.41) is 0. The Bertz CT molecular complexity index is 27.3. The van der Waals surface area contributed by atoms with Gasteiger partial charge in [0.2, 0.25) is 0 Å². The zero-order valence-corrected chi connectivity index (χ0v) is 7.79. The van der Waals surface area contributed by atoms with Gasteiger partial charge in [-0.25, -0.2) is 0 Å². The standard InChI is InChI=1S/C5H10F.Sb.2H/c1-2-3-4-5-6;;;/h1-5H2;;;. The Balaban J connectivity index is 2.45. The first-order chi connectivity index (χ1) is 3.41. The van der Waals surface area contributed by atoms with Gasteiger partial charge in [0.05, 0.1) is 0 Å². The fourth-order valence-electron chi connectivity index (χ4n) is 0.416. The molecule has 0 aromatic heterocycles. The monoisotopic (exact) mass is 212 g/mol. The number of alkyl halides is 1. The summed E-state index contributed by atoms with van der Waals surface area (Å²) in [4.78, 5) is 0. The molecule has 0 aliphatic rings. The van der Waals surface area contributed by atoms with Crippen LogP contribution in [0.1, 0.15) is 19.3 Å². The molecule has 0 nitrogen and oxygen atoms in total. The molecule has 0 spiro atoms. The number of halogens is 1. The van der Waals surface area contributed by atoms with Crippen molar-refractivity contribution < 1.29 is 4.39 Å². The fraction of sp³-hybridized carbons (Fsp3) is 1.00. The predicted molar refractivity (Wildman–Crippen MR) is 33.2 cm³/mol. The third kappa shape index (κ3) is 6.75. The summed E-state index contributed by atoms with van der Waals surface area (Å²) >= 11 is 1.34. The van der Waals surface area contributed by atoms with Crippen molar-refractivity contribution in [3.05, 3.63) is 0 Å². The second kappa shape index (κ2) is 6.75. The van der Waals surface area contributed by atoms with Crippen molar-refractivity contribution in [3.63, 3.8) is 0 Å². The summed E-state index contributed by atoms with van der Waals surface area (Å²) in [7, 11) is 0. The van der Waals surface area contributed by atoms with Crippen molar-refractivity contribution in [2.24, 2.45) is 0 Å². The van der Waals surface area contributed by atoms with E-state index in [1.807, 2.05) is 0 Å². The van der Waals surface area contributed by atoms with Gasteiger partial charge in [-0.3, -0.25) is 0 Å². The van der Waals surface area contributed by atoms with Gasteiger partial charge in [0.1, 0.15) is 0 Å². The Morgan fingerprint density at radius 1 is 1.14 bits per heavy atom. The number of rotatable bonds is 4. The Morgan fingerprint density at radius 2 is 1.86 bits per heavy atom. The number of hydrogen-bond acceptors (Lipinski definition) is 0. The molecule has 0 heterocycles. The van der Waals surface area contributed by atoms with E-state index >= 15 is 0 Å². The topological polar surface area (TPSA) is 0 Å². The maximum absolute atomic E-state index is 11.3. The van der Waals surface area contributed by atoms with E-state index in [2.05, 4.69) is 0 Å².